The van der Waals surface area contributed by atoms with Crippen LogP contribution in [-0.2, 0) is 13.1 Å². The molecule has 0 saturated carbocycles. The molecule has 2 aromatic carbocycles. The van der Waals surface area contributed by atoms with Crippen LogP contribution in [-0.4, -0.2) is 19.1 Å². The monoisotopic (exact) mass is 394 g/mol. The van der Waals surface area contributed by atoms with Gasteiger partial charge in [0.2, 0.25) is 0 Å². The lowest BCUT2D eigenvalue weighted by Gasteiger charge is -2.12. The Hall–Kier alpha value is -2.12. The second kappa shape index (κ2) is 8.12. The summed E-state index contributed by atoms with van der Waals surface area (Å²) >= 11 is 3.46. The molecule has 2 aromatic rings. The maximum absolute atomic E-state index is 11.0. The Labute approximate surface area is 149 Å². The van der Waals surface area contributed by atoms with Gasteiger partial charge in [-0.05, 0) is 46.1 Å². The van der Waals surface area contributed by atoms with Crippen molar-refractivity contribution in [3.05, 3.63) is 61.6 Å². The molecule has 0 spiro atoms. The lowest BCUT2D eigenvalue weighted by molar-refractivity contribution is -0.385. The summed E-state index contributed by atoms with van der Waals surface area (Å²) in [5, 5.41) is 14.3. The molecule has 7 heteroatoms. The molecule has 0 radical (unpaired) electrons. The zero-order valence-electron chi connectivity index (χ0n) is 13.8. The van der Waals surface area contributed by atoms with Crippen molar-refractivity contribution >= 4 is 21.6 Å². The fraction of sp³-hybridized carbons (Fsp3) is 0.294. The first-order chi connectivity index (χ1) is 11.5. The number of benzene rings is 2. The van der Waals surface area contributed by atoms with Crippen LogP contribution in [0.25, 0.3) is 0 Å². The number of ether oxygens (including phenoxy) is 2. The third-order valence-corrected chi connectivity index (χ3v) is 4.21. The molecule has 0 aromatic heterocycles. The van der Waals surface area contributed by atoms with E-state index in [1.165, 1.54) is 0 Å². The molecule has 0 fully saturated rings. The molecular formula is C17H19BrN2O4. The van der Waals surface area contributed by atoms with Crippen LogP contribution in [0.5, 0.6) is 11.5 Å². The van der Waals surface area contributed by atoms with Gasteiger partial charge in [-0.25, -0.2) is 0 Å². The van der Waals surface area contributed by atoms with Gasteiger partial charge in [-0.1, -0.05) is 12.1 Å². The van der Waals surface area contributed by atoms with Crippen LogP contribution < -0.4 is 14.8 Å². The van der Waals surface area contributed by atoms with Crippen molar-refractivity contribution in [3.63, 3.8) is 0 Å². The van der Waals surface area contributed by atoms with Crippen LogP contribution in [0, 0.1) is 17.0 Å². The Bertz CT molecular complexity index is 750. The van der Waals surface area contributed by atoms with E-state index in [0.717, 1.165) is 15.6 Å². The molecule has 6 nitrogen and oxygen atoms in total. The largest absolute Gasteiger partial charge is 0.493 e. The third kappa shape index (κ3) is 4.24. The summed E-state index contributed by atoms with van der Waals surface area (Å²) in [6.45, 7) is 2.87. The van der Waals surface area contributed by atoms with Gasteiger partial charge in [0.05, 0.1) is 23.6 Å². The van der Waals surface area contributed by atoms with Crippen LogP contribution in [0.15, 0.2) is 34.8 Å². The summed E-state index contributed by atoms with van der Waals surface area (Å²) in [6, 6.07) is 9.11. The molecule has 128 valence electrons. The number of hydrogen-bond acceptors (Lipinski definition) is 5. The van der Waals surface area contributed by atoms with Crippen molar-refractivity contribution in [2.45, 2.75) is 20.0 Å². The molecule has 0 saturated heterocycles. The number of aryl methyl sites for hydroxylation is 1. The summed E-state index contributed by atoms with van der Waals surface area (Å²) in [7, 11) is 3.18. The minimum Gasteiger partial charge on any atom is -0.493 e. The first-order valence-electron chi connectivity index (χ1n) is 7.31. The van der Waals surface area contributed by atoms with Gasteiger partial charge in [0, 0.05) is 24.7 Å². The van der Waals surface area contributed by atoms with Crippen molar-refractivity contribution in [1.29, 1.82) is 0 Å². The lowest BCUT2D eigenvalue weighted by atomic mass is 10.1. The van der Waals surface area contributed by atoms with Crippen LogP contribution >= 0.6 is 15.9 Å². The van der Waals surface area contributed by atoms with Crippen molar-refractivity contribution in [2.24, 2.45) is 0 Å². The number of rotatable bonds is 7. The van der Waals surface area contributed by atoms with Gasteiger partial charge in [-0.3, -0.25) is 10.1 Å². The first-order valence-corrected chi connectivity index (χ1v) is 8.10. The van der Waals surface area contributed by atoms with Crippen LogP contribution in [0.3, 0.4) is 0 Å². The molecule has 0 amide bonds. The maximum Gasteiger partial charge on any atom is 0.272 e. The molecule has 0 heterocycles. The van der Waals surface area contributed by atoms with Crippen molar-refractivity contribution in [3.8, 4) is 11.5 Å². The van der Waals surface area contributed by atoms with Gasteiger partial charge in [-0.2, -0.15) is 0 Å². The van der Waals surface area contributed by atoms with E-state index >= 15 is 0 Å². The highest BCUT2D eigenvalue weighted by atomic mass is 79.9. The molecule has 0 aliphatic carbocycles. The minimum absolute atomic E-state index is 0.142. The van der Waals surface area contributed by atoms with Gasteiger partial charge < -0.3 is 14.8 Å². The number of nitrogens with zero attached hydrogens (tertiary/aromatic N) is 1. The second-order valence-electron chi connectivity index (χ2n) is 5.29. The van der Waals surface area contributed by atoms with Crippen molar-refractivity contribution < 1.29 is 14.4 Å². The molecule has 1 N–H and O–H groups in total. The van der Waals surface area contributed by atoms with Crippen molar-refractivity contribution in [2.75, 3.05) is 14.2 Å². The molecule has 2 rings (SSSR count). The number of nitro benzene ring substituents is 1. The predicted molar refractivity (Wildman–Crippen MR) is 95.6 cm³/mol. The van der Waals surface area contributed by atoms with E-state index in [1.54, 1.807) is 33.3 Å². The number of methoxy groups -OCH3 is 2. The van der Waals surface area contributed by atoms with E-state index in [0.29, 0.717) is 30.2 Å². The zero-order chi connectivity index (χ0) is 17.7. The van der Waals surface area contributed by atoms with E-state index in [9.17, 15) is 10.1 Å². The average molecular weight is 395 g/mol. The van der Waals surface area contributed by atoms with E-state index in [2.05, 4.69) is 21.2 Å². The molecule has 0 bridgehead atoms. The Morgan fingerprint density at radius 2 is 1.83 bits per heavy atom. The molecule has 24 heavy (non-hydrogen) atoms. The predicted octanol–water partition coefficient (Wildman–Crippen LogP) is 3.97. The second-order valence-corrected chi connectivity index (χ2v) is 6.15. The Balaban J connectivity index is 2.06. The standard InChI is InChI=1S/C17H19BrN2O4/c1-11-4-5-12(7-15(11)20(21)22)9-19-10-13-6-14(18)17(24-3)16(8-13)23-2/h4-8,19H,9-10H2,1-3H3. The van der Waals surface area contributed by atoms with Gasteiger partial charge in [0.1, 0.15) is 0 Å². The lowest BCUT2D eigenvalue weighted by Crippen LogP contribution is -2.13. The van der Waals surface area contributed by atoms with Gasteiger partial charge in [0.25, 0.3) is 5.69 Å². The molecule has 0 unspecified atom stereocenters. The highest BCUT2D eigenvalue weighted by molar-refractivity contribution is 9.10. The zero-order valence-corrected chi connectivity index (χ0v) is 15.3. The SMILES string of the molecule is COc1cc(CNCc2ccc(C)c([N+](=O)[O-])c2)cc(Br)c1OC. The van der Waals surface area contributed by atoms with E-state index in [1.807, 2.05) is 18.2 Å². The number of nitrogens with one attached hydrogen (secondary N) is 1. The summed E-state index contributed by atoms with van der Waals surface area (Å²) in [5.74, 6) is 1.30. The van der Waals surface area contributed by atoms with E-state index in [-0.39, 0.29) is 10.6 Å². The smallest absolute Gasteiger partial charge is 0.272 e. The Morgan fingerprint density at radius 1 is 1.12 bits per heavy atom. The van der Waals surface area contributed by atoms with Gasteiger partial charge in [0.15, 0.2) is 11.5 Å². The molecular weight excluding hydrogens is 376 g/mol. The summed E-state index contributed by atoms with van der Waals surface area (Å²) in [4.78, 5) is 10.6. The summed E-state index contributed by atoms with van der Waals surface area (Å²) in [5.41, 5.74) is 2.68. The molecule has 0 aliphatic heterocycles. The number of hydrogen-bond donors (Lipinski definition) is 1. The minimum atomic E-state index is -0.357. The topological polar surface area (TPSA) is 73.6 Å². The first kappa shape index (κ1) is 18.2. The molecule has 0 aliphatic rings. The fourth-order valence-electron chi connectivity index (χ4n) is 2.39. The summed E-state index contributed by atoms with van der Waals surface area (Å²) < 4.78 is 11.4. The maximum atomic E-state index is 11.0. The number of nitro groups is 1. The number of halogens is 1. The normalized spacial score (nSPS) is 10.5. The van der Waals surface area contributed by atoms with Gasteiger partial charge >= 0.3 is 0 Å². The Morgan fingerprint density at radius 3 is 2.46 bits per heavy atom. The highest BCUT2D eigenvalue weighted by Gasteiger charge is 2.12. The highest BCUT2D eigenvalue weighted by Crippen LogP contribution is 2.36. The van der Waals surface area contributed by atoms with Crippen LogP contribution in [0.4, 0.5) is 5.69 Å². The van der Waals surface area contributed by atoms with Crippen LogP contribution in [0.1, 0.15) is 16.7 Å². The van der Waals surface area contributed by atoms with Gasteiger partial charge in [-0.15, -0.1) is 0 Å². The van der Waals surface area contributed by atoms with E-state index < -0.39 is 0 Å². The fourth-order valence-corrected chi connectivity index (χ4v) is 3.04. The quantitative estimate of drug-likeness (QED) is 0.567. The van der Waals surface area contributed by atoms with Crippen molar-refractivity contribution in [1.82, 2.24) is 5.32 Å². The van der Waals surface area contributed by atoms with Crippen LogP contribution in [0.2, 0.25) is 0 Å². The third-order valence-electron chi connectivity index (χ3n) is 3.62. The average Bonchev–Trinajstić information content (AvgIpc) is 2.55. The molecule has 0 atom stereocenters. The van der Waals surface area contributed by atoms with E-state index in [4.69, 9.17) is 9.47 Å². The summed E-state index contributed by atoms with van der Waals surface area (Å²) in [6.07, 6.45) is 0. The Kier molecular flexibility index (Phi) is 6.16.